The van der Waals surface area contributed by atoms with Crippen molar-refractivity contribution in [1.29, 1.82) is 0 Å². The summed E-state index contributed by atoms with van der Waals surface area (Å²) in [5, 5.41) is 9.83. The molecule has 1 aromatic rings. The lowest BCUT2D eigenvalue weighted by atomic mass is 9.89. The highest BCUT2D eigenvalue weighted by molar-refractivity contribution is 6.30. The number of methoxy groups -OCH3 is 1. The maximum Gasteiger partial charge on any atom is 0.311 e. The molecule has 0 aliphatic heterocycles. The number of hydrogen-bond acceptors (Lipinski definition) is 3. The van der Waals surface area contributed by atoms with E-state index in [9.17, 15) is 9.90 Å². The molecule has 1 atom stereocenters. The highest BCUT2D eigenvalue weighted by Gasteiger charge is 2.56. The third-order valence-corrected chi connectivity index (χ3v) is 3.84. The van der Waals surface area contributed by atoms with E-state index in [1.807, 2.05) is 6.92 Å². The summed E-state index contributed by atoms with van der Waals surface area (Å²) < 4.78 is 5.32. The molecule has 1 aliphatic carbocycles. The smallest absolute Gasteiger partial charge is 0.311 e. The van der Waals surface area contributed by atoms with Gasteiger partial charge >= 0.3 is 5.97 Å². The number of carbonyl (C=O) groups is 1. The van der Waals surface area contributed by atoms with Gasteiger partial charge in [-0.2, -0.15) is 0 Å². The summed E-state index contributed by atoms with van der Waals surface area (Å²) >= 11 is 6.01. The Bertz CT molecular complexity index is 497. The van der Waals surface area contributed by atoms with E-state index in [2.05, 4.69) is 0 Å². The minimum atomic E-state index is -0.857. The molecule has 0 saturated heterocycles. The Kier molecular flexibility index (Phi) is 3.25. The number of carboxylic acid groups (broad SMARTS) is 1. The molecule has 5 heteroatoms. The van der Waals surface area contributed by atoms with Gasteiger partial charge in [-0.25, -0.2) is 0 Å². The Hall–Kier alpha value is -1.26. The SMILES string of the molecule is COc1c(C)cc(Cl)cc1C(N)C1(C(=O)O)CC1. The number of ether oxygens (including phenoxy) is 1. The molecule has 0 radical (unpaired) electrons. The van der Waals surface area contributed by atoms with E-state index in [0.29, 0.717) is 29.2 Å². The number of halogens is 1. The second-order valence-corrected chi connectivity index (χ2v) is 5.22. The van der Waals surface area contributed by atoms with Crippen molar-refractivity contribution in [2.24, 2.45) is 11.1 Å². The average Bonchev–Trinajstić information content (AvgIpc) is 3.08. The van der Waals surface area contributed by atoms with Gasteiger partial charge in [-0.05, 0) is 37.5 Å². The molecular formula is C13H16ClNO3. The number of aliphatic carboxylic acids is 1. The second kappa shape index (κ2) is 4.44. The maximum atomic E-state index is 11.3. The van der Waals surface area contributed by atoms with Crippen molar-refractivity contribution in [3.8, 4) is 5.75 Å². The molecule has 1 unspecified atom stereocenters. The minimum Gasteiger partial charge on any atom is -0.496 e. The maximum absolute atomic E-state index is 11.3. The second-order valence-electron chi connectivity index (χ2n) is 4.78. The zero-order valence-corrected chi connectivity index (χ0v) is 11.1. The van der Waals surface area contributed by atoms with Gasteiger partial charge in [0, 0.05) is 16.6 Å². The summed E-state index contributed by atoms with van der Waals surface area (Å²) in [6.45, 7) is 1.86. The van der Waals surface area contributed by atoms with Crippen molar-refractivity contribution in [2.75, 3.05) is 7.11 Å². The van der Waals surface area contributed by atoms with Crippen LogP contribution in [0.15, 0.2) is 12.1 Å². The first-order chi connectivity index (χ1) is 8.42. The van der Waals surface area contributed by atoms with Crippen LogP contribution < -0.4 is 10.5 Å². The topological polar surface area (TPSA) is 72.5 Å². The molecule has 1 aliphatic rings. The van der Waals surface area contributed by atoms with Crippen LogP contribution in [0.3, 0.4) is 0 Å². The normalized spacial score (nSPS) is 18.2. The van der Waals surface area contributed by atoms with E-state index in [1.54, 1.807) is 19.2 Å². The summed E-state index contributed by atoms with van der Waals surface area (Å²) in [5.41, 5.74) is 6.80. The van der Waals surface area contributed by atoms with Gasteiger partial charge in [0.1, 0.15) is 5.75 Å². The van der Waals surface area contributed by atoms with Crippen molar-refractivity contribution in [1.82, 2.24) is 0 Å². The van der Waals surface area contributed by atoms with Crippen LogP contribution in [0, 0.1) is 12.3 Å². The van der Waals surface area contributed by atoms with E-state index in [-0.39, 0.29) is 0 Å². The first-order valence-corrected chi connectivity index (χ1v) is 6.13. The van der Waals surface area contributed by atoms with Crippen LogP contribution in [0.2, 0.25) is 5.02 Å². The number of nitrogens with two attached hydrogens (primary N) is 1. The number of rotatable bonds is 4. The van der Waals surface area contributed by atoms with Crippen LogP contribution >= 0.6 is 11.6 Å². The highest BCUT2D eigenvalue weighted by atomic mass is 35.5. The molecule has 0 spiro atoms. The molecule has 18 heavy (non-hydrogen) atoms. The molecule has 0 bridgehead atoms. The molecule has 1 fully saturated rings. The van der Waals surface area contributed by atoms with Crippen molar-refractivity contribution in [2.45, 2.75) is 25.8 Å². The zero-order chi connectivity index (χ0) is 13.5. The van der Waals surface area contributed by atoms with Crippen LogP contribution in [-0.2, 0) is 4.79 Å². The summed E-state index contributed by atoms with van der Waals surface area (Å²) in [5.74, 6) is -0.228. The zero-order valence-electron chi connectivity index (χ0n) is 10.4. The largest absolute Gasteiger partial charge is 0.496 e. The molecule has 0 aromatic heterocycles. The number of carboxylic acids is 1. The van der Waals surface area contributed by atoms with E-state index in [4.69, 9.17) is 22.1 Å². The van der Waals surface area contributed by atoms with Gasteiger partial charge in [-0.1, -0.05) is 11.6 Å². The lowest BCUT2D eigenvalue weighted by molar-refractivity contribution is -0.144. The van der Waals surface area contributed by atoms with E-state index < -0.39 is 17.4 Å². The molecule has 0 heterocycles. The molecule has 98 valence electrons. The quantitative estimate of drug-likeness (QED) is 0.881. The van der Waals surface area contributed by atoms with E-state index in [0.717, 1.165) is 5.56 Å². The number of benzene rings is 1. The Morgan fingerprint density at radius 3 is 2.61 bits per heavy atom. The average molecular weight is 270 g/mol. The molecule has 4 nitrogen and oxygen atoms in total. The van der Waals surface area contributed by atoms with Crippen molar-refractivity contribution >= 4 is 17.6 Å². The van der Waals surface area contributed by atoms with Crippen LogP contribution in [0.25, 0.3) is 0 Å². The first-order valence-electron chi connectivity index (χ1n) is 5.75. The summed E-state index contributed by atoms with van der Waals surface area (Å²) in [6.07, 6.45) is 1.19. The fourth-order valence-corrected chi connectivity index (χ4v) is 2.64. The Labute approximate surface area is 111 Å². The van der Waals surface area contributed by atoms with Gasteiger partial charge in [-0.15, -0.1) is 0 Å². The molecular weight excluding hydrogens is 254 g/mol. The molecule has 1 aromatic carbocycles. The Morgan fingerprint density at radius 1 is 1.56 bits per heavy atom. The lowest BCUT2D eigenvalue weighted by Gasteiger charge is -2.23. The van der Waals surface area contributed by atoms with Gasteiger partial charge in [0.2, 0.25) is 0 Å². The fourth-order valence-electron chi connectivity index (χ4n) is 2.36. The standard InChI is InChI=1S/C13H16ClNO3/c1-7-5-8(14)6-9(10(7)18-2)11(15)13(3-4-13)12(16)17/h5-6,11H,3-4,15H2,1-2H3,(H,16,17). The summed E-state index contributed by atoms with van der Waals surface area (Å²) in [4.78, 5) is 11.3. The van der Waals surface area contributed by atoms with Crippen molar-refractivity contribution in [3.63, 3.8) is 0 Å². The summed E-state index contributed by atoms with van der Waals surface area (Å²) in [7, 11) is 1.55. The molecule has 3 N–H and O–H groups in total. The van der Waals surface area contributed by atoms with E-state index in [1.165, 1.54) is 0 Å². The number of aryl methyl sites for hydroxylation is 1. The monoisotopic (exact) mass is 269 g/mol. The van der Waals surface area contributed by atoms with E-state index >= 15 is 0 Å². The molecule has 0 amide bonds. The van der Waals surface area contributed by atoms with Crippen LogP contribution in [0.1, 0.15) is 30.0 Å². The summed E-state index contributed by atoms with van der Waals surface area (Å²) in [6, 6.07) is 2.88. The molecule has 1 saturated carbocycles. The van der Waals surface area contributed by atoms with Crippen molar-refractivity contribution < 1.29 is 14.6 Å². The predicted octanol–water partition coefficient (Wildman–Crippen LogP) is 2.52. The van der Waals surface area contributed by atoms with Crippen LogP contribution in [0.4, 0.5) is 0 Å². The fraction of sp³-hybridized carbons (Fsp3) is 0.462. The third-order valence-electron chi connectivity index (χ3n) is 3.62. The van der Waals surface area contributed by atoms with Crippen LogP contribution in [-0.4, -0.2) is 18.2 Å². The number of hydrogen-bond donors (Lipinski definition) is 2. The van der Waals surface area contributed by atoms with Gasteiger partial charge in [0.15, 0.2) is 0 Å². The highest BCUT2D eigenvalue weighted by Crippen LogP contribution is 2.55. The lowest BCUT2D eigenvalue weighted by Crippen LogP contribution is -2.30. The van der Waals surface area contributed by atoms with Gasteiger partial charge in [0.05, 0.1) is 12.5 Å². The van der Waals surface area contributed by atoms with Gasteiger partial charge < -0.3 is 15.6 Å². The van der Waals surface area contributed by atoms with Gasteiger partial charge in [0.25, 0.3) is 0 Å². The minimum absolute atomic E-state index is 0.542. The van der Waals surface area contributed by atoms with Crippen molar-refractivity contribution in [3.05, 3.63) is 28.3 Å². The predicted molar refractivity (Wildman–Crippen MR) is 69.0 cm³/mol. The third kappa shape index (κ3) is 1.95. The van der Waals surface area contributed by atoms with Gasteiger partial charge in [-0.3, -0.25) is 4.79 Å². The molecule has 2 rings (SSSR count). The Morgan fingerprint density at radius 2 is 2.17 bits per heavy atom. The first kappa shape index (κ1) is 13.2. The Balaban J connectivity index is 2.48. The van der Waals surface area contributed by atoms with Crippen LogP contribution in [0.5, 0.6) is 5.75 Å².